The summed E-state index contributed by atoms with van der Waals surface area (Å²) in [6, 6.07) is 4.30. The van der Waals surface area contributed by atoms with Crippen LogP contribution in [0, 0.1) is 0 Å². The van der Waals surface area contributed by atoms with Crippen molar-refractivity contribution in [1.82, 2.24) is 10.0 Å². The van der Waals surface area contributed by atoms with E-state index >= 15 is 0 Å². The summed E-state index contributed by atoms with van der Waals surface area (Å²) in [5.74, 6) is -1.99. The van der Waals surface area contributed by atoms with Crippen LogP contribution < -0.4 is 14.8 Å². The van der Waals surface area contributed by atoms with Gasteiger partial charge >= 0.3 is 5.97 Å². The van der Waals surface area contributed by atoms with Crippen molar-refractivity contribution in [1.29, 1.82) is 0 Å². The lowest BCUT2D eigenvalue weighted by atomic mass is 10.2. The molecule has 25 heavy (non-hydrogen) atoms. The Morgan fingerprint density at radius 3 is 2.48 bits per heavy atom. The molecule has 0 heterocycles. The fourth-order valence-corrected chi connectivity index (χ4v) is 2.63. The van der Waals surface area contributed by atoms with E-state index in [0.717, 1.165) is 13.0 Å². The third-order valence-corrected chi connectivity index (χ3v) is 4.25. The minimum absolute atomic E-state index is 0.0890. The molecule has 0 saturated carbocycles. The van der Waals surface area contributed by atoms with Crippen LogP contribution in [0.5, 0.6) is 5.75 Å². The van der Waals surface area contributed by atoms with Gasteiger partial charge in [0.15, 0.2) is 6.61 Å². The maximum Gasteiger partial charge on any atom is 0.331 e. The molecule has 0 fully saturated rings. The minimum atomic E-state index is -3.74. The third kappa shape index (κ3) is 6.36. The summed E-state index contributed by atoms with van der Waals surface area (Å²) in [6.07, 6.45) is 2.35. The molecule has 0 spiro atoms. The predicted octanol–water partition coefficient (Wildman–Crippen LogP) is -0.178. The van der Waals surface area contributed by atoms with E-state index in [1.165, 1.54) is 32.4 Å². The van der Waals surface area contributed by atoms with Gasteiger partial charge in [0, 0.05) is 13.0 Å². The highest BCUT2D eigenvalue weighted by Crippen LogP contribution is 2.25. The molecule has 0 aliphatic carbocycles. The largest absolute Gasteiger partial charge is 0.495 e. The summed E-state index contributed by atoms with van der Waals surface area (Å²) in [5, 5.41) is 1.95. The molecule has 0 atom stereocenters. The number of ether oxygens (including phenoxy) is 2. The molecule has 136 valence electrons. The van der Waals surface area contributed by atoms with Gasteiger partial charge in [0.1, 0.15) is 10.6 Å². The second-order valence-electron chi connectivity index (χ2n) is 4.66. The standard InChI is InChI=1S/C15H18N2O7S/c1-10(18)17-14(19)9-24-15(20)7-5-11-4-6-12(23-3)13(8-11)25(21,22)16-2/h4-8,16H,9H2,1-3H3,(H,17,18,19)/b7-5+. The Morgan fingerprint density at radius 1 is 1.24 bits per heavy atom. The molecular formula is C15H18N2O7S. The number of esters is 1. The van der Waals surface area contributed by atoms with Crippen LogP contribution in [0.2, 0.25) is 0 Å². The van der Waals surface area contributed by atoms with E-state index in [-0.39, 0.29) is 10.6 Å². The second-order valence-corrected chi connectivity index (χ2v) is 6.52. The minimum Gasteiger partial charge on any atom is -0.495 e. The number of amides is 2. The Hall–Kier alpha value is -2.72. The van der Waals surface area contributed by atoms with Gasteiger partial charge in [-0.25, -0.2) is 17.9 Å². The molecular weight excluding hydrogens is 352 g/mol. The van der Waals surface area contributed by atoms with E-state index in [1.807, 2.05) is 5.32 Å². The monoisotopic (exact) mass is 370 g/mol. The molecule has 1 aromatic rings. The molecule has 10 heteroatoms. The summed E-state index contributed by atoms with van der Waals surface area (Å²) in [6.45, 7) is 0.546. The van der Waals surface area contributed by atoms with E-state index in [1.54, 1.807) is 6.07 Å². The first-order valence-corrected chi connectivity index (χ1v) is 8.44. The zero-order valence-electron chi connectivity index (χ0n) is 13.9. The van der Waals surface area contributed by atoms with Crippen molar-refractivity contribution in [3.05, 3.63) is 29.8 Å². The van der Waals surface area contributed by atoms with Crippen LogP contribution >= 0.6 is 0 Å². The number of rotatable bonds is 7. The van der Waals surface area contributed by atoms with Crippen LogP contribution in [0.15, 0.2) is 29.2 Å². The number of carbonyl (C=O) groups excluding carboxylic acids is 3. The summed E-state index contributed by atoms with van der Waals surface area (Å²) in [5.41, 5.74) is 0.403. The Morgan fingerprint density at radius 2 is 1.92 bits per heavy atom. The van der Waals surface area contributed by atoms with Crippen molar-refractivity contribution in [3.8, 4) is 5.75 Å². The number of nitrogens with one attached hydrogen (secondary N) is 2. The number of carbonyl (C=O) groups is 3. The molecule has 0 radical (unpaired) electrons. The second kappa shape index (κ2) is 8.94. The summed E-state index contributed by atoms with van der Waals surface area (Å²) in [4.78, 5) is 33.3. The lowest BCUT2D eigenvalue weighted by molar-refractivity contribution is -0.145. The van der Waals surface area contributed by atoms with Gasteiger partial charge in [-0.05, 0) is 30.8 Å². The average molecular weight is 370 g/mol. The molecule has 0 aromatic heterocycles. The molecule has 2 amide bonds. The van der Waals surface area contributed by atoms with Gasteiger partial charge in [-0.1, -0.05) is 6.07 Å². The number of imide groups is 1. The van der Waals surface area contributed by atoms with Crippen molar-refractivity contribution in [2.24, 2.45) is 0 Å². The highest BCUT2D eigenvalue weighted by atomic mass is 32.2. The molecule has 0 aliphatic heterocycles. The van der Waals surface area contributed by atoms with Crippen molar-refractivity contribution < 1.29 is 32.3 Å². The molecule has 9 nitrogen and oxygen atoms in total. The van der Waals surface area contributed by atoms with Gasteiger partial charge in [-0.15, -0.1) is 0 Å². The number of benzene rings is 1. The van der Waals surface area contributed by atoms with Crippen molar-refractivity contribution >= 4 is 33.9 Å². The highest BCUT2D eigenvalue weighted by Gasteiger charge is 2.17. The predicted molar refractivity (Wildman–Crippen MR) is 88.1 cm³/mol. The van der Waals surface area contributed by atoms with Gasteiger partial charge in [0.05, 0.1) is 7.11 Å². The van der Waals surface area contributed by atoms with E-state index < -0.39 is 34.4 Å². The topological polar surface area (TPSA) is 128 Å². The summed E-state index contributed by atoms with van der Waals surface area (Å²) >= 11 is 0. The van der Waals surface area contributed by atoms with Crippen LogP contribution in [0.1, 0.15) is 12.5 Å². The van der Waals surface area contributed by atoms with Crippen LogP contribution in [0.25, 0.3) is 6.08 Å². The van der Waals surface area contributed by atoms with Gasteiger partial charge in [-0.3, -0.25) is 14.9 Å². The van der Waals surface area contributed by atoms with E-state index in [4.69, 9.17) is 4.74 Å². The fourth-order valence-electron chi connectivity index (χ4n) is 1.70. The Kier molecular flexibility index (Phi) is 7.27. The van der Waals surface area contributed by atoms with Crippen LogP contribution in [-0.2, 0) is 29.1 Å². The van der Waals surface area contributed by atoms with Gasteiger partial charge in [-0.2, -0.15) is 0 Å². The molecule has 1 aromatic carbocycles. The van der Waals surface area contributed by atoms with Crippen molar-refractivity contribution in [2.45, 2.75) is 11.8 Å². The molecule has 0 saturated heterocycles. The zero-order chi connectivity index (χ0) is 19.0. The van der Waals surface area contributed by atoms with E-state index in [2.05, 4.69) is 9.46 Å². The number of sulfonamides is 1. The molecule has 0 bridgehead atoms. The lowest BCUT2D eigenvalue weighted by Crippen LogP contribution is -2.32. The molecule has 2 N–H and O–H groups in total. The van der Waals surface area contributed by atoms with Crippen LogP contribution in [0.3, 0.4) is 0 Å². The SMILES string of the molecule is CNS(=O)(=O)c1cc(/C=C/C(=O)OCC(=O)NC(C)=O)ccc1OC. The Balaban J connectivity index is 2.84. The van der Waals surface area contributed by atoms with Crippen molar-refractivity contribution in [3.63, 3.8) is 0 Å². The quantitative estimate of drug-likeness (QED) is 0.503. The van der Waals surface area contributed by atoms with E-state index in [9.17, 15) is 22.8 Å². The average Bonchev–Trinajstić information content (AvgIpc) is 2.57. The first-order chi connectivity index (χ1) is 11.7. The molecule has 0 unspecified atom stereocenters. The van der Waals surface area contributed by atoms with Gasteiger partial charge in [0.25, 0.3) is 5.91 Å². The molecule has 1 rings (SSSR count). The Labute approximate surface area is 145 Å². The maximum atomic E-state index is 12.0. The first-order valence-electron chi connectivity index (χ1n) is 6.96. The molecule has 0 aliphatic rings. The zero-order valence-corrected chi connectivity index (χ0v) is 14.7. The summed E-state index contributed by atoms with van der Waals surface area (Å²) in [7, 11) is -1.14. The Bertz CT molecular complexity index is 800. The highest BCUT2D eigenvalue weighted by molar-refractivity contribution is 7.89. The number of hydrogen-bond acceptors (Lipinski definition) is 7. The third-order valence-electron chi connectivity index (χ3n) is 2.82. The smallest absolute Gasteiger partial charge is 0.331 e. The van der Waals surface area contributed by atoms with Crippen LogP contribution in [-0.4, -0.2) is 47.0 Å². The van der Waals surface area contributed by atoms with Crippen molar-refractivity contribution in [2.75, 3.05) is 20.8 Å². The lowest BCUT2D eigenvalue weighted by Gasteiger charge is -2.09. The summed E-state index contributed by atoms with van der Waals surface area (Å²) < 4.78 is 35.7. The van der Waals surface area contributed by atoms with Gasteiger partial charge in [0.2, 0.25) is 15.9 Å². The first kappa shape index (κ1) is 20.3. The normalized spacial score (nSPS) is 11.2. The fraction of sp³-hybridized carbons (Fsp3) is 0.267. The maximum absolute atomic E-state index is 12.0. The number of hydrogen-bond donors (Lipinski definition) is 2. The van der Waals surface area contributed by atoms with Crippen LogP contribution in [0.4, 0.5) is 0 Å². The van der Waals surface area contributed by atoms with Gasteiger partial charge < -0.3 is 9.47 Å². The van der Waals surface area contributed by atoms with E-state index in [0.29, 0.717) is 5.56 Å². The number of methoxy groups -OCH3 is 1.